The Morgan fingerprint density at radius 1 is 1.33 bits per heavy atom. The van der Waals surface area contributed by atoms with E-state index in [0.717, 1.165) is 9.13 Å². The first-order chi connectivity index (χ1) is 10.1. The summed E-state index contributed by atoms with van der Waals surface area (Å²) < 4.78 is 16.3. The van der Waals surface area contributed by atoms with Gasteiger partial charge in [0.05, 0.1) is 20.8 Å². The summed E-state index contributed by atoms with van der Waals surface area (Å²) >= 11 is 2.15. The molecule has 0 fully saturated rings. The van der Waals surface area contributed by atoms with Crippen LogP contribution in [0.15, 0.2) is 12.1 Å². The lowest BCUT2D eigenvalue weighted by atomic mass is 10.1. The van der Waals surface area contributed by atoms with E-state index in [9.17, 15) is 9.59 Å². The van der Waals surface area contributed by atoms with Crippen molar-refractivity contribution < 1.29 is 23.8 Å². The predicted molar refractivity (Wildman–Crippen MR) is 85.6 cm³/mol. The Balaban J connectivity index is 3.02. The maximum atomic E-state index is 11.8. The monoisotopic (exact) mass is 407 g/mol. The molecule has 0 aliphatic carbocycles. The molecule has 0 aliphatic rings. The number of methoxy groups -OCH3 is 2. The van der Waals surface area contributed by atoms with E-state index in [2.05, 4.69) is 27.9 Å². The van der Waals surface area contributed by atoms with Crippen molar-refractivity contribution in [3.05, 3.63) is 21.3 Å². The quantitative estimate of drug-likeness (QED) is 0.402. The van der Waals surface area contributed by atoms with Gasteiger partial charge in [0, 0.05) is 9.99 Å². The van der Waals surface area contributed by atoms with Crippen LogP contribution < -0.4 is 14.8 Å². The average molecular weight is 407 g/mol. The molecule has 0 saturated carbocycles. The highest BCUT2D eigenvalue weighted by molar-refractivity contribution is 14.1. The van der Waals surface area contributed by atoms with Crippen molar-refractivity contribution in [2.75, 3.05) is 20.8 Å². The molecular formula is C14H18INO5. The molecule has 0 spiro atoms. The van der Waals surface area contributed by atoms with Gasteiger partial charge in [-0.25, -0.2) is 4.79 Å². The normalized spacial score (nSPS) is 11.4. The first-order valence-corrected chi connectivity index (χ1v) is 7.41. The largest absolute Gasteiger partial charge is 0.493 e. The third-order valence-corrected chi connectivity index (χ3v) is 3.82. The molecule has 0 unspecified atom stereocenters. The molecule has 0 bridgehead atoms. The molecule has 6 nitrogen and oxygen atoms in total. The molecule has 1 aromatic carbocycles. The minimum Gasteiger partial charge on any atom is -0.493 e. The standard InChI is InChI=1S/C14H18INO5/c1-4-21-14(18)11(16-8-17)5-9-6-12(19-2)13(20-3)7-10(9)15/h6-8,11H,4-5H2,1-3H3,(H,16,17)/t11-/m0/s1. The molecule has 1 rings (SSSR count). The molecule has 0 saturated heterocycles. The number of hydrogen-bond donors (Lipinski definition) is 1. The molecule has 1 amide bonds. The second-order valence-corrected chi connectivity index (χ2v) is 5.25. The number of esters is 1. The van der Waals surface area contributed by atoms with Crippen LogP contribution in [0.3, 0.4) is 0 Å². The zero-order valence-corrected chi connectivity index (χ0v) is 14.3. The Bertz CT molecular complexity index is 506. The van der Waals surface area contributed by atoms with Crippen LogP contribution in [0.5, 0.6) is 11.5 Å². The molecule has 1 N–H and O–H groups in total. The van der Waals surface area contributed by atoms with Gasteiger partial charge in [0.15, 0.2) is 11.5 Å². The first-order valence-electron chi connectivity index (χ1n) is 6.34. The van der Waals surface area contributed by atoms with E-state index in [1.807, 2.05) is 6.07 Å². The maximum absolute atomic E-state index is 11.8. The van der Waals surface area contributed by atoms with Gasteiger partial charge < -0.3 is 19.5 Å². The van der Waals surface area contributed by atoms with Crippen LogP contribution in [0.2, 0.25) is 0 Å². The smallest absolute Gasteiger partial charge is 0.328 e. The Morgan fingerprint density at radius 2 is 1.95 bits per heavy atom. The van der Waals surface area contributed by atoms with Gasteiger partial charge in [-0.2, -0.15) is 0 Å². The van der Waals surface area contributed by atoms with Gasteiger partial charge >= 0.3 is 5.97 Å². The highest BCUT2D eigenvalue weighted by atomic mass is 127. The van der Waals surface area contributed by atoms with E-state index in [1.165, 1.54) is 0 Å². The van der Waals surface area contributed by atoms with E-state index in [4.69, 9.17) is 14.2 Å². The van der Waals surface area contributed by atoms with E-state index in [0.29, 0.717) is 24.3 Å². The number of hydrogen-bond acceptors (Lipinski definition) is 5. The number of halogens is 1. The fraction of sp³-hybridized carbons (Fsp3) is 0.429. The third-order valence-electron chi connectivity index (χ3n) is 2.82. The van der Waals surface area contributed by atoms with Crippen LogP contribution in [-0.2, 0) is 20.7 Å². The number of ether oxygens (including phenoxy) is 3. The minimum atomic E-state index is -0.728. The predicted octanol–water partition coefficient (Wildman–Crippen LogP) is 1.53. The van der Waals surface area contributed by atoms with Gasteiger partial charge in [-0.05, 0) is 47.2 Å². The third kappa shape index (κ3) is 4.76. The zero-order valence-electron chi connectivity index (χ0n) is 12.1. The lowest BCUT2D eigenvalue weighted by Crippen LogP contribution is -2.39. The molecule has 1 atom stereocenters. The minimum absolute atomic E-state index is 0.263. The summed E-state index contributed by atoms with van der Waals surface area (Å²) in [7, 11) is 3.10. The molecule has 0 aromatic heterocycles. The van der Waals surface area contributed by atoms with Gasteiger partial charge in [0.25, 0.3) is 0 Å². The highest BCUT2D eigenvalue weighted by Crippen LogP contribution is 2.31. The van der Waals surface area contributed by atoms with Crippen LogP contribution in [0.25, 0.3) is 0 Å². The number of carbonyl (C=O) groups excluding carboxylic acids is 2. The van der Waals surface area contributed by atoms with Crippen LogP contribution in [-0.4, -0.2) is 39.2 Å². The summed E-state index contributed by atoms with van der Waals surface area (Å²) in [5, 5.41) is 2.48. The van der Waals surface area contributed by atoms with Crippen LogP contribution in [0.4, 0.5) is 0 Å². The Kier molecular flexibility index (Phi) is 7.27. The molecule has 116 valence electrons. The Morgan fingerprint density at radius 3 is 2.48 bits per heavy atom. The summed E-state index contributed by atoms with van der Waals surface area (Å²) in [6, 6.07) is 2.88. The van der Waals surface area contributed by atoms with Crippen molar-refractivity contribution in [1.29, 1.82) is 0 Å². The summed E-state index contributed by atoms with van der Waals surface area (Å²) in [6.07, 6.45) is 0.811. The first kappa shape index (κ1) is 17.5. The van der Waals surface area contributed by atoms with Crippen molar-refractivity contribution in [3.63, 3.8) is 0 Å². The molecule has 0 aliphatic heterocycles. The number of carbonyl (C=O) groups is 2. The molecule has 0 heterocycles. The van der Waals surface area contributed by atoms with E-state index in [-0.39, 0.29) is 6.61 Å². The molecule has 21 heavy (non-hydrogen) atoms. The van der Waals surface area contributed by atoms with Gasteiger partial charge in [-0.3, -0.25) is 4.79 Å². The number of benzene rings is 1. The summed E-state index contributed by atoms with van der Waals surface area (Å²) in [5.74, 6) is 0.721. The lowest BCUT2D eigenvalue weighted by molar-refractivity contribution is -0.146. The molecular weight excluding hydrogens is 389 g/mol. The average Bonchev–Trinajstić information content (AvgIpc) is 2.48. The van der Waals surface area contributed by atoms with Crippen molar-refractivity contribution in [3.8, 4) is 11.5 Å². The maximum Gasteiger partial charge on any atom is 0.328 e. The second kappa shape index (κ2) is 8.71. The Hall–Kier alpha value is -1.51. The summed E-state index contributed by atoms with van der Waals surface area (Å²) in [6.45, 7) is 1.98. The van der Waals surface area contributed by atoms with Crippen LogP contribution >= 0.6 is 22.6 Å². The molecule has 7 heteroatoms. The Labute approximate surface area is 137 Å². The van der Waals surface area contributed by atoms with Crippen molar-refractivity contribution in [2.24, 2.45) is 0 Å². The second-order valence-electron chi connectivity index (χ2n) is 4.09. The van der Waals surface area contributed by atoms with Crippen molar-refractivity contribution >= 4 is 35.0 Å². The van der Waals surface area contributed by atoms with Gasteiger partial charge in [0.1, 0.15) is 6.04 Å². The SMILES string of the molecule is CCOC(=O)[C@H](Cc1cc(OC)c(OC)cc1I)NC=O. The number of nitrogens with one attached hydrogen (secondary N) is 1. The van der Waals surface area contributed by atoms with Crippen molar-refractivity contribution in [2.45, 2.75) is 19.4 Å². The number of amides is 1. The summed E-state index contributed by atoms with van der Waals surface area (Å²) in [4.78, 5) is 22.5. The van der Waals surface area contributed by atoms with E-state index < -0.39 is 12.0 Å². The molecule has 0 radical (unpaired) electrons. The van der Waals surface area contributed by atoms with Crippen LogP contribution in [0.1, 0.15) is 12.5 Å². The van der Waals surface area contributed by atoms with E-state index in [1.54, 1.807) is 27.2 Å². The summed E-state index contributed by atoms with van der Waals surface area (Å²) in [5.41, 5.74) is 0.862. The van der Waals surface area contributed by atoms with E-state index >= 15 is 0 Å². The van der Waals surface area contributed by atoms with Crippen molar-refractivity contribution in [1.82, 2.24) is 5.32 Å². The lowest BCUT2D eigenvalue weighted by Gasteiger charge is -2.17. The fourth-order valence-electron chi connectivity index (χ4n) is 1.81. The fourth-order valence-corrected chi connectivity index (χ4v) is 2.47. The van der Waals surface area contributed by atoms with Gasteiger partial charge in [-0.15, -0.1) is 0 Å². The number of rotatable bonds is 8. The molecule has 1 aromatic rings. The van der Waals surface area contributed by atoms with Gasteiger partial charge in [-0.1, -0.05) is 0 Å². The van der Waals surface area contributed by atoms with Gasteiger partial charge in [0.2, 0.25) is 6.41 Å². The highest BCUT2D eigenvalue weighted by Gasteiger charge is 2.21. The topological polar surface area (TPSA) is 73.9 Å². The zero-order chi connectivity index (χ0) is 15.8. The van der Waals surface area contributed by atoms with Crippen LogP contribution in [0, 0.1) is 3.57 Å².